The van der Waals surface area contributed by atoms with Gasteiger partial charge in [-0.15, -0.1) is 0 Å². The SMILES string of the molecule is O=c1[nH]c(=O)n(-c2cccc(Cl)c2)c(O)c1C=Nc1ccc(F)cc1. The zero-order valence-electron chi connectivity index (χ0n) is 12.6. The molecular weight excluding hydrogens is 349 g/mol. The molecule has 0 amide bonds. The van der Waals surface area contributed by atoms with Crippen molar-refractivity contribution in [1.82, 2.24) is 9.55 Å². The Balaban J connectivity index is 2.12. The first-order valence-electron chi connectivity index (χ1n) is 7.09. The van der Waals surface area contributed by atoms with Crippen LogP contribution in [0.15, 0.2) is 63.1 Å². The number of nitrogens with zero attached hydrogens (tertiary/aromatic N) is 2. The molecule has 0 saturated carbocycles. The number of nitrogens with one attached hydrogen (secondary N) is 1. The van der Waals surface area contributed by atoms with Crippen molar-refractivity contribution in [3.8, 4) is 11.6 Å². The first-order chi connectivity index (χ1) is 12.0. The topological polar surface area (TPSA) is 87.5 Å². The van der Waals surface area contributed by atoms with Crippen LogP contribution in [0.2, 0.25) is 5.02 Å². The molecule has 6 nitrogen and oxygen atoms in total. The predicted octanol–water partition coefficient (Wildman–Crippen LogP) is 2.77. The summed E-state index contributed by atoms with van der Waals surface area (Å²) in [7, 11) is 0. The maximum absolute atomic E-state index is 12.9. The third-order valence-electron chi connectivity index (χ3n) is 3.36. The van der Waals surface area contributed by atoms with E-state index >= 15 is 0 Å². The van der Waals surface area contributed by atoms with Crippen LogP contribution in [0.25, 0.3) is 5.69 Å². The lowest BCUT2D eigenvalue weighted by Gasteiger charge is -2.09. The van der Waals surface area contributed by atoms with Gasteiger partial charge in [0.2, 0.25) is 5.88 Å². The summed E-state index contributed by atoms with van der Waals surface area (Å²) in [5.41, 5.74) is -1.18. The molecule has 1 heterocycles. The van der Waals surface area contributed by atoms with Crippen molar-refractivity contribution in [1.29, 1.82) is 0 Å². The number of aliphatic imine (C=N–C) groups is 1. The van der Waals surface area contributed by atoms with Gasteiger partial charge >= 0.3 is 5.69 Å². The Morgan fingerprint density at radius 1 is 1.16 bits per heavy atom. The smallest absolute Gasteiger partial charge is 0.335 e. The molecule has 3 rings (SSSR count). The van der Waals surface area contributed by atoms with E-state index in [1.54, 1.807) is 18.2 Å². The molecule has 0 unspecified atom stereocenters. The van der Waals surface area contributed by atoms with E-state index in [2.05, 4.69) is 9.98 Å². The summed E-state index contributed by atoms with van der Waals surface area (Å²) in [5, 5.41) is 10.7. The molecule has 0 atom stereocenters. The second-order valence-corrected chi connectivity index (χ2v) is 5.48. The maximum Gasteiger partial charge on any atom is 0.335 e. The molecule has 0 fully saturated rings. The molecule has 0 aliphatic rings. The summed E-state index contributed by atoms with van der Waals surface area (Å²) < 4.78 is 13.8. The number of hydrogen-bond acceptors (Lipinski definition) is 4. The average Bonchev–Trinajstić information content (AvgIpc) is 2.56. The lowest BCUT2D eigenvalue weighted by molar-refractivity contribution is 0.430. The van der Waals surface area contributed by atoms with Gasteiger partial charge in [-0.3, -0.25) is 14.8 Å². The van der Waals surface area contributed by atoms with E-state index in [-0.39, 0.29) is 11.3 Å². The van der Waals surface area contributed by atoms with Crippen LogP contribution in [0.5, 0.6) is 5.88 Å². The highest BCUT2D eigenvalue weighted by Gasteiger charge is 2.14. The first kappa shape index (κ1) is 16.7. The molecule has 2 aromatic carbocycles. The van der Waals surface area contributed by atoms with E-state index in [1.165, 1.54) is 30.3 Å². The number of halogens is 2. The first-order valence-corrected chi connectivity index (χ1v) is 7.47. The summed E-state index contributed by atoms with van der Waals surface area (Å²) in [6.45, 7) is 0. The Labute approximate surface area is 145 Å². The van der Waals surface area contributed by atoms with Gasteiger partial charge in [-0.1, -0.05) is 17.7 Å². The van der Waals surface area contributed by atoms with Crippen molar-refractivity contribution in [3.63, 3.8) is 0 Å². The maximum atomic E-state index is 12.9. The van der Waals surface area contributed by atoms with E-state index in [0.29, 0.717) is 10.7 Å². The molecular formula is C17H11ClFN3O3. The number of rotatable bonds is 3. The molecule has 0 radical (unpaired) electrons. The van der Waals surface area contributed by atoms with Crippen LogP contribution in [0.3, 0.4) is 0 Å². The largest absolute Gasteiger partial charge is 0.493 e. The lowest BCUT2D eigenvalue weighted by atomic mass is 10.2. The van der Waals surface area contributed by atoms with E-state index in [4.69, 9.17) is 11.6 Å². The normalized spacial score (nSPS) is 11.1. The van der Waals surface area contributed by atoms with Crippen LogP contribution in [0, 0.1) is 5.82 Å². The Hall–Kier alpha value is -3.19. The zero-order chi connectivity index (χ0) is 18.0. The number of benzene rings is 2. The highest BCUT2D eigenvalue weighted by atomic mass is 35.5. The third kappa shape index (κ3) is 3.51. The van der Waals surface area contributed by atoms with Gasteiger partial charge in [0.1, 0.15) is 11.4 Å². The number of aromatic amines is 1. The fraction of sp³-hybridized carbons (Fsp3) is 0. The van der Waals surface area contributed by atoms with Gasteiger partial charge in [0.05, 0.1) is 11.4 Å². The monoisotopic (exact) mass is 359 g/mol. The van der Waals surface area contributed by atoms with Crippen LogP contribution in [-0.2, 0) is 0 Å². The van der Waals surface area contributed by atoms with Crippen molar-refractivity contribution in [2.75, 3.05) is 0 Å². The van der Waals surface area contributed by atoms with Gasteiger partial charge in [-0.2, -0.15) is 0 Å². The van der Waals surface area contributed by atoms with Crippen LogP contribution < -0.4 is 11.2 Å². The van der Waals surface area contributed by atoms with Crippen molar-refractivity contribution < 1.29 is 9.50 Å². The van der Waals surface area contributed by atoms with Crippen LogP contribution in [-0.4, -0.2) is 20.9 Å². The van der Waals surface area contributed by atoms with Crippen LogP contribution >= 0.6 is 11.6 Å². The fourth-order valence-corrected chi connectivity index (χ4v) is 2.36. The highest BCUT2D eigenvalue weighted by Crippen LogP contribution is 2.19. The molecule has 25 heavy (non-hydrogen) atoms. The number of H-pyrrole nitrogens is 1. The molecule has 0 saturated heterocycles. The number of hydrogen-bond donors (Lipinski definition) is 2. The lowest BCUT2D eigenvalue weighted by Crippen LogP contribution is -2.31. The molecule has 0 spiro atoms. The summed E-state index contributed by atoms with van der Waals surface area (Å²) in [6.07, 6.45) is 1.10. The Morgan fingerprint density at radius 2 is 1.88 bits per heavy atom. The molecule has 0 bridgehead atoms. The average molecular weight is 360 g/mol. The van der Waals surface area contributed by atoms with Gasteiger partial charge in [-0.25, -0.2) is 13.8 Å². The zero-order valence-corrected chi connectivity index (χ0v) is 13.4. The molecule has 3 aromatic rings. The van der Waals surface area contributed by atoms with Crippen LogP contribution in [0.4, 0.5) is 10.1 Å². The molecule has 2 N–H and O–H groups in total. The van der Waals surface area contributed by atoms with Crippen molar-refractivity contribution >= 4 is 23.5 Å². The minimum absolute atomic E-state index is 0.219. The minimum atomic E-state index is -0.816. The Kier molecular flexibility index (Phi) is 4.49. The van der Waals surface area contributed by atoms with Gasteiger partial charge in [0, 0.05) is 11.2 Å². The standard InChI is InChI=1S/C17H11ClFN3O3/c18-10-2-1-3-13(8-10)22-16(24)14(15(23)21-17(22)25)9-20-12-6-4-11(19)5-7-12/h1-9,24H,(H,21,23,25). The quantitative estimate of drug-likeness (QED) is 0.705. The number of aromatic hydroxyl groups is 1. The second kappa shape index (κ2) is 6.74. The molecule has 126 valence electrons. The summed E-state index contributed by atoms with van der Waals surface area (Å²) in [4.78, 5) is 30.2. The van der Waals surface area contributed by atoms with Gasteiger partial charge in [-0.05, 0) is 42.5 Å². The minimum Gasteiger partial charge on any atom is -0.493 e. The summed E-state index contributed by atoms with van der Waals surface area (Å²) >= 11 is 5.90. The van der Waals surface area contributed by atoms with Gasteiger partial charge in [0.25, 0.3) is 5.56 Å². The summed E-state index contributed by atoms with van der Waals surface area (Å²) in [6, 6.07) is 11.5. The Morgan fingerprint density at radius 3 is 2.56 bits per heavy atom. The second-order valence-electron chi connectivity index (χ2n) is 5.05. The third-order valence-corrected chi connectivity index (χ3v) is 3.59. The molecule has 0 aliphatic carbocycles. The van der Waals surface area contributed by atoms with Crippen molar-refractivity contribution in [2.24, 2.45) is 4.99 Å². The molecule has 1 aromatic heterocycles. The van der Waals surface area contributed by atoms with Crippen molar-refractivity contribution in [2.45, 2.75) is 0 Å². The van der Waals surface area contributed by atoms with Crippen molar-refractivity contribution in [3.05, 3.63) is 85.8 Å². The van der Waals surface area contributed by atoms with E-state index in [1.807, 2.05) is 0 Å². The fourth-order valence-electron chi connectivity index (χ4n) is 2.18. The van der Waals surface area contributed by atoms with E-state index < -0.39 is 22.9 Å². The Bertz CT molecular complexity index is 1070. The van der Waals surface area contributed by atoms with E-state index in [9.17, 15) is 19.1 Å². The van der Waals surface area contributed by atoms with Gasteiger partial charge < -0.3 is 5.11 Å². The molecule has 0 aliphatic heterocycles. The van der Waals surface area contributed by atoms with Crippen LogP contribution in [0.1, 0.15) is 5.56 Å². The predicted molar refractivity (Wildman–Crippen MR) is 93.0 cm³/mol. The highest BCUT2D eigenvalue weighted by molar-refractivity contribution is 6.30. The van der Waals surface area contributed by atoms with Gasteiger partial charge in [0.15, 0.2) is 0 Å². The molecule has 8 heteroatoms. The summed E-state index contributed by atoms with van der Waals surface area (Å²) in [5.74, 6) is -1.00. The van der Waals surface area contributed by atoms with E-state index in [0.717, 1.165) is 10.8 Å². The number of aromatic nitrogens is 2.